The molecule has 0 N–H and O–H groups in total. The van der Waals surface area contributed by atoms with Gasteiger partial charge in [-0.3, -0.25) is 0 Å². The number of ether oxygens (including phenoxy) is 1. The van der Waals surface area contributed by atoms with Crippen molar-refractivity contribution < 1.29 is 13.5 Å². The van der Waals surface area contributed by atoms with Crippen LogP contribution in [-0.4, -0.2) is 6.61 Å². The van der Waals surface area contributed by atoms with E-state index in [-0.39, 0.29) is 5.75 Å². The second-order valence-electron chi connectivity index (χ2n) is 6.40. The van der Waals surface area contributed by atoms with Crippen LogP contribution in [0.3, 0.4) is 0 Å². The standard InChI is InChI=1S/C21H28F2O/c1-3-5-6-7-8-9-16-10-12-17(13-11-16)18-14-15-19(24-4-2)21(23)20(18)22/h3,5,12,14-16H,4,6-11,13H2,1-2H3. The molecule has 1 aromatic rings. The van der Waals surface area contributed by atoms with Crippen LogP contribution in [0.2, 0.25) is 0 Å². The predicted octanol–water partition coefficient (Wildman–Crippen LogP) is 6.68. The Hall–Kier alpha value is -1.64. The minimum absolute atomic E-state index is 0.00540. The van der Waals surface area contributed by atoms with Gasteiger partial charge in [0.1, 0.15) is 0 Å². The van der Waals surface area contributed by atoms with E-state index in [0.29, 0.717) is 18.1 Å². The van der Waals surface area contributed by atoms with E-state index >= 15 is 0 Å². The molecule has 1 aliphatic carbocycles. The highest BCUT2D eigenvalue weighted by Gasteiger charge is 2.20. The predicted molar refractivity (Wildman–Crippen MR) is 96.1 cm³/mol. The number of halogens is 2. The number of hydrogen-bond donors (Lipinski definition) is 0. The second kappa shape index (κ2) is 9.61. The van der Waals surface area contributed by atoms with Crippen molar-refractivity contribution in [2.45, 2.75) is 58.8 Å². The minimum Gasteiger partial charge on any atom is -0.491 e. The first kappa shape index (κ1) is 18.7. The Morgan fingerprint density at radius 2 is 2.04 bits per heavy atom. The average molecular weight is 334 g/mol. The summed E-state index contributed by atoms with van der Waals surface area (Å²) < 4.78 is 33.4. The van der Waals surface area contributed by atoms with E-state index in [0.717, 1.165) is 31.3 Å². The number of rotatable bonds is 8. The van der Waals surface area contributed by atoms with Gasteiger partial charge in [-0.1, -0.05) is 31.1 Å². The maximum Gasteiger partial charge on any atom is 0.201 e. The molecule has 1 aromatic carbocycles. The summed E-state index contributed by atoms with van der Waals surface area (Å²) >= 11 is 0. The van der Waals surface area contributed by atoms with Crippen LogP contribution in [0.25, 0.3) is 5.57 Å². The average Bonchev–Trinajstić information content (AvgIpc) is 2.60. The van der Waals surface area contributed by atoms with Gasteiger partial charge in [-0.05, 0) is 69.6 Å². The van der Waals surface area contributed by atoms with Crippen molar-refractivity contribution in [1.29, 1.82) is 0 Å². The Balaban J connectivity index is 1.94. The zero-order chi connectivity index (χ0) is 17.4. The Morgan fingerprint density at radius 1 is 1.21 bits per heavy atom. The van der Waals surface area contributed by atoms with E-state index < -0.39 is 11.6 Å². The molecule has 0 spiro atoms. The lowest BCUT2D eigenvalue weighted by molar-refractivity contribution is 0.314. The number of benzene rings is 1. The molecule has 1 atom stereocenters. The molecule has 0 saturated carbocycles. The Morgan fingerprint density at radius 3 is 2.71 bits per heavy atom. The zero-order valence-corrected chi connectivity index (χ0v) is 14.8. The molecular formula is C21H28F2O. The highest BCUT2D eigenvalue weighted by molar-refractivity contribution is 5.67. The smallest absolute Gasteiger partial charge is 0.201 e. The minimum atomic E-state index is -0.874. The Labute approximate surface area is 144 Å². The molecule has 0 aliphatic heterocycles. The van der Waals surface area contributed by atoms with Crippen LogP contribution in [0.1, 0.15) is 64.4 Å². The lowest BCUT2D eigenvalue weighted by atomic mass is 9.83. The maximum atomic E-state index is 14.3. The van der Waals surface area contributed by atoms with Crippen LogP contribution in [0.15, 0.2) is 30.4 Å². The number of allylic oxidation sites excluding steroid dienone is 4. The molecule has 3 heteroatoms. The summed E-state index contributed by atoms with van der Waals surface area (Å²) in [5, 5.41) is 0. The Bertz CT molecular complexity index is 590. The molecule has 0 aromatic heterocycles. The molecule has 132 valence electrons. The fourth-order valence-electron chi connectivity index (χ4n) is 3.30. The molecule has 1 nitrogen and oxygen atoms in total. The molecule has 1 unspecified atom stereocenters. The molecule has 0 amide bonds. The molecule has 24 heavy (non-hydrogen) atoms. The van der Waals surface area contributed by atoms with Gasteiger partial charge in [0, 0.05) is 5.56 Å². The van der Waals surface area contributed by atoms with Crippen LogP contribution in [0.4, 0.5) is 8.78 Å². The fourth-order valence-corrected chi connectivity index (χ4v) is 3.30. The molecule has 2 rings (SSSR count). The third kappa shape index (κ3) is 4.93. The van der Waals surface area contributed by atoms with Gasteiger partial charge in [-0.2, -0.15) is 4.39 Å². The van der Waals surface area contributed by atoms with Crippen molar-refractivity contribution in [3.63, 3.8) is 0 Å². The highest BCUT2D eigenvalue weighted by Crippen LogP contribution is 2.35. The molecule has 1 aliphatic rings. The van der Waals surface area contributed by atoms with Gasteiger partial charge in [-0.25, -0.2) is 4.39 Å². The lowest BCUT2D eigenvalue weighted by Gasteiger charge is -2.22. The van der Waals surface area contributed by atoms with Gasteiger partial charge < -0.3 is 4.74 Å². The molecule has 0 bridgehead atoms. The van der Waals surface area contributed by atoms with Gasteiger partial charge in [0.15, 0.2) is 11.6 Å². The van der Waals surface area contributed by atoms with Crippen molar-refractivity contribution in [3.05, 3.63) is 47.6 Å². The van der Waals surface area contributed by atoms with Gasteiger partial charge >= 0.3 is 0 Å². The molecule has 0 fully saturated rings. The summed E-state index contributed by atoms with van der Waals surface area (Å²) in [6.45, 7) is 4.14. The van der Waals surface area contributed by atoms with Crippen molar-refractivity contribution in [2.75, 3.05) is 6.61 Å². The van der Waals surface area contributed by atoms with Gasteiger partial charge in [0.25, 0.3) is 0 Å². The summed E-state index contributed by atoms with van der Waals surface area (Å²) in [4.78, 5) is 0. The van der Waals surface area contributed by atoms with E-state index in [4.69, 9.17) is 4.74 Å². The summed E-state index contributed by atoms with van der Waals surface area (Å²) in [7, 11) is 0. The normalized spacial score (nSPS) is 18.0. The fraction of sp³-hybridized carbons (Fsp3) is 0.524. The van der Waals surface area contributed by atoms with E-state index in [1.807, 2.05) is 0 Å². The molecular weight excluding hydrogens is 306 g/mol. The number of unbranched alkanes of at least 4 members (excludes halogenated alkanes) is 2. The first-order valence-corrected chi connectivity index (χ1v) is 9.08. The third-order valence-electron chi connectivity index (χ3n) is 4.68. The third-order valence-corrected chi connectivity index (χ3v) is 4.68. The Kier molecular flexibility index (Phi) is 7.48. The van der Waals surface area contributed by atoms with Crippen LogP contribution in [0.5, 0.6) is 5.75 Å². The van der Waals surface area contributed by atoms with E-state index in [1.54, 1.807) is 13.0 Å². The van der Waals surface area contributed by atoms with E-state index in [1.165, 1.54) is 25.3 Å². The van der Waals surface area contributed by atoms with Crippen LogP contribution in [0, 0.1) is 17.6 Å². The molecule has 0 heterocycles. The number of hydrogen-bond acceptors (Lipinski definition) is 1. The summed E-state index contributed by atoms with van der Waals surface area (Å²) in [6.07, 6.45) is 14.1. The second-order valence-corrected chi connectivity index (χ2v) is 6.40. The van der Waals surface area contributed by atoms with Crippen molar-refractivity contribution in [3.8, 4) is 5.75 Å². The highest BCUT2D eigenvalue weighted by atomic mass is 19.2. The molecule has 0 saturated heterocycles. The van der Waals surface area contributed by atoms with Crippen molar-refractivity contribution >= 4 is 5.57 Å². The van der Waals surface area contributed by atoms with Crippen LogP contribution in [-0.2, 0) is 0 Å². The van der Waals surface area contributed by atoms with Gasteiger partial charge in [0.05, 0.1) is 6.61 Å². The maximum absolute atomic E-state index is 14.3. The topological polar surface area (TPSA) is 9.23 Å². The molecule has 0 radical (unpaired) electrons. The zero-order valence-electron chi connectivity index (χ0n) is 14.8. The van der Waals surface area contributed by atoms with Gasteiger partial charge in [-0.15, -0.1) is 0 Å². The largest absolute Gasteiger partial charge is 0.491 e. The summed E-state index contributed by atoms with van der Waals surface area (Å²) in [5.41, 5.74) is 1.32. The first-order valence-electron chi connectivity index (χ1n) is 9.08. The quantitative estimate of drug-likeness (QED) is 0.380. The van der Waals surface area contributed by atoms with E-state index in [9.17, 15) is 8.78 Å². The van der Waals surface area contributed by atoms with Crippen LogP contribution < -0.4 is 4.74 Å². The van der Waals surface area contributed by atoms with Gasteiger partial charge in [0.2, 0.25) is 5.82 Å². The van der Waals surface area contributed by atoms with Crippen LogP contribution >= 0.6 is 0 Å². The first-order chi connectivity index (χ1) is 11.7. The van der Waals surface area contributed by atoms with Crippen molar-refractivity contribution in [2.24, 2.45) is 5.92 Å². The van der Waals surface area contributed by atoms with Crippen molar-refractivity contribution in [1.82, 2.24) is 0 Å². The van der Waals surface area contributed by atoms with E-state index in [2.05, 4.69) is 25.2 Å². The summed E-state index contributed by atoms with van der Waals surface area (Å²) in [5.74, 6) is -0.984. The lowest BCUT2D eigenvalue weighted by Crippen LogP contribution is -2.07. The SMILES string of the molecule is CC=CCCCCC1CC=C(c2ccc(OCC)c(F)c2F)CC1. The summed E-state index contributed by atoms with van der Waals surface area (Å²) in [6, 6.07) is 3.18. The monoisotopic (exact) mass is 334 g/mol.